The lowest BCUT2D eigenvalue weighted by molar-refractivity contribution is -0.136. The minimum Gasteiger partial charge on any atom is -0.453 e. The number of nitrogens with one attached hydrogen (secondary N) is 4. The van der Waals surface area contributed by atoms with Gasteiger partial charge in [0.1, 0.15) is 33.4 Å². The van der Waals surface area contributed by atoms with Crippen molar-refractivity contribution < 1.29 is 28.7 Å². The van der Waals surface area contributed by atoms with Crippen LogP contribution in [0.15, 0.2) is 12.1 Å². The van der Waals surface area contributed by atoms with Crippen molar-refractivity contribution >= 4 is 67.4 Å². The minimum absolute atomic E-state index is 0.116. The zero-order valence-electron chi connectivity index (χ0n) is 31.7. The fourth-order valence-electron chi connectivity index (χ4n) is 7.14. The molecule has 2 saturated heterocycles. The highest BCUT2D eigenvalue weighted by Gasteiger charge is 2.41. The van der Waals surface area contributed by atoms with E-state index in [1.807, 2.05) is 49.6 Å². The number of alkyl carbamates (subject to hydrolysis) is 2. The van der Waals surface area contributed by atoms with Crippen molar-refractivity contribution in [1.29, 1.82) is 0 Å². The molecule has 0 bridgehead atoms. The normalized spacial score (nSPS) is 20.8. The predicted molar refractivity (Wildman–Crippen MR) is 207 cm³/mol. The molecule has 4 N–H and O–H groups in total. The Hall–Kier alpha value is -5.06. The molecule has 0 spiro atoms. The first-order valence-corrected chi connectivity index (χ1v) is 19.7. The SMILES string of the molecule is COC(=O)N[C@H](C(=O)N1C[C@@H](C)C[C@H]1c1nc2sc(C#CC#Cc3cc4[nH]c([C@@H]5C[C@H](C)CN5C(=O)[C@@H](NC(=O)OC)C(C)C)nc4s3)cc2[nH]1)C(C)C. The summed E-state index contributed by atoms with van der Waals surface area (Å²) in [5.74, 6) is 13.6. The second kappa shape index (κ2) is 16.1. The molecule has 2 fully saturated rings. The number of aromatic nitrogens is 4. The van der Waals surface area contributed by atoms with Crippen molar-refractivity contribution in [3.05, 3.63) is 33.5 Å². The van der Waals surface area contributed by atoms with Gasteiger partial charge in [-0.15, -0.1) is 22.7 Å². The average molecular weight is 775 g/mol. The number of amides is 4. The molecule has 4 aromatic heterocycles. The molecular weight excluding hydrogens is 729 g/mol. The van der Waals surface area contributed by atoms with Crippen LogP contribution < -0.4 is 10.6 Å². The molecule has 54 heavy (non-hydrogen) atoms. The van der Waals surface area contributed by atoms with E-state index in [4.69, 9.17) is 19.4 Å². The van der Waals surface area contributed by atoms with Gasteiger partial charge in [-0.05, 0) is 72.3 Å². The van der Waals surface area contributed by atoms with E-state index >= 15 is 0 Å². The summed E-state index contributed by atoms with van der Waals surface area (Å²) in [5, 5.41) is 5.39. The Balaban J connectivity index is 1.12. The summed E-state index contributed by atoms with van der Waals surface area (Å²) in [4.78, 5) is 74.5. The number of likely N-dealkylation sites (tertiary alicyclic amines) is 2. The van der Waals surface area contributed by atoms with Crippen molar-refractivity contribution in [2.75, 3.05) is 27.3 Å². The van der Waals surface area contributed by atoms with E-state index in [9.17, 15) is 19.2 Å². The number of rotatable bonds is 8. The molecule has 2 aliphatic rings. The third kappa shape index (κ3) is 8.20. The Morgan fingerprint density at radius 3 is 1.46 bits per heavy atom. The number of hydrogen-bond acceptors (Lipinski definition) is 10. The lowest BCUT2D eigenvalue weighted by Crippen LogP contribution is -2.51. The van der Waals surface area contributed by atoms with Crippen LogP contribution in [0.1, 0.15) is 87.9 Å². The van der Waals surface area contributed by atoms with Crippen LogP contribution in [-0.4, -0.2) is 93.1 Å². The van der Waals surface area contributed by atoms with Crippen LogP contribution in [0, 0.1) is 47.4 Å². The Morgan fingerprint density at radius 2 is 1.13 bits per heavy atom. The van der Waals surface area contributed by atoms with Gasteiger partial charge >= 0.3 is 12.2 Å². The molecule has 2 aliphatic heterocycles. The van der Waals surface area contributed by atoms with Crippen LogP contribution in [0.5, 0.6) is 0 Å². The summed E-state index contributed by atoms with van der Waals surface area (Å²) in [6.07, 6.45) is 0.261. The second-order valence-electron chi connectivity index (χ2n) is 14.8. The maximum absolute atomic E-state index is 13.6. The molecular formula is C38H46N8O6S2. The van der Waals surface area contributed by atoms with Gasteiger partial charge in [0.2, 0.25) is 11.8 Å². The van der Waals surface area contributed by atoms with Gasteiger partial charge in [0.05, 0.1) is 47.1 Å². The molecule has 0 radical (unpaired) electrons. The van der Waals surface area contributed by atoms with Crippen molar-refractivity contribution in [1.82, 2.24) is 40.4 Å². The minimum atomic E-state index is -0.702. The largest absolute Gasteiger partial charge is 0.453 e. The molecule has 6 atom stereocenters. The van der Waals surface area contributed by atoms with Gasteiger partial charge in [-0.3, -0.25) is 9.59 Å². The standard InChI is InChI=1S/C38H46N8O6S2/c1-19(2)29(41-37(49)51-7)35(47)45-17-21(5)13-27(45)31-39-25-15-23(53-33(25)43-31)11-9-10-12-24-16-26-34(54-24)44-32(40-26)28-14-22(6)18-46(28)36(48)30(20(3)4)42-38(50)52-8/h15-16,19-22,27-30H,13-14,17-18H2,1-8H3,(H,39,43)(H,40,44)(H,41,49)(H,42,50)/t21-,22-,27-,28-,29-,30-/m0/s1. The first kappa shape index (κ1) is 38.7. The third-order valence-corrected chi connectivity index (χ3v) is 11.7. The Labute approximate surface area is 322 Å². The summed E-state index contributed by atoms with van der Waals surface area (Å²) in [7, 11) is 2.57. The monoisotopic (exact) mass is 774 g/mol. The molecule has 0 aliphatic carbocycles. The van der Waals surface area contributed by atoms with E-state index in [2.05, 4.69) is 58.1 Å². The van der Waals surface area contributed by atoms with Gasteiger partial charge in [0, 0.05) is 13.1 Å². The number of nitrogens with zero attached hydrogens (tertiary/aromatic N) is 4. The molecule has 0 aromatic carbocycles. The molecule has 286 valence electrons. The van der Waals surface area contributed by atoms with Crippen LogP contribution in [0.4, 0.5) is 9.59 Å². The van der Waals surface area contributed by atoms with Gasteiger partial charge in [-0.25, -0.2) is 19.6 Å². The van der Waals surface area contributed by atoms with Crippen LogP contribution >= 0.6 is 22.7 Å². The van der Waals surface area contributed by atoms with Crippen molar-refractivity contribution in [3.8, 4) is 23.7 Å². The number of ether oxygens (including phenoxy) is 2. The van der Waals surface area contributed by atoms with Crippen LogP contribution in [0.3, 0.4) is 0 Å². The number of carbonyl (C=O) groups excluding carboxylic acids is 4. The third-order valence-electron chi connectivity index (χ3n) is 9.83. The quantitative estimate of drug-likeness (QED) is 0.169. The molecule has 4 amide bonds. The molecule has 0 saturated carbocycles. The van der Waals surface area contributed by atoms with E-state index in [0.717, 1.165) is 54.9 Å². The summed E-state index contributed by atoms with van der Waals surface area (Å²) >= 11 is 2.91. The van der Waals surface area contributed by atoms with E-state index in [1.165, 1.54) is 36.9 Å². The highest BCUT2D eigenvalue weighted by molar-refractivity contribution is 7.19. The number of aromatic amines is 2. The zero-order chi connectivity index (χ0) is 38.8. The van der Waals surface area contributed by atoms with Crippen molar-refractivity contribution in [2.24, 2.45) is 23.7 Å². The van der Waals surface area contributed by atoms with E-state index < -0.39 is 24.3 Å². The summed E-state index contributed by atoms with van der Waals surface area (Å²) in [6.45, 7) is 12.9. The zero-order valence-corrected chi connectivity index (χ0v) is 33.3. The predicted octanol–water partition coefficient (Wildman–Crippen LogP) is 5.55. The number of carbonyl (C=O) groups is 4. The Morgan fingerprint density at radius 1 is 0.741 bits per heavy atom. The number of methoxy groups -OCH3 is 2. The van der Waals surface area contributed by atoms with Gasteiger partial charge in [-0.1, -0.05) is 41.5 Å². The molecule has 6 heterocycles. The summed E-state index contributed by atoms with van der Waals surface area (Å²) < 4.78 is 9.51. The van der Waals surface area contributed by atoms with Gasteiger partial charge < -0.3 is 39.9 Å². The molecule has 0 unspecified atom stereocenters. The maximum Gasteiger partial charge on any atom is 0.407 e. The molecule has 16 heteroatoms. The molecule has 14 nitrogen and oxygen atoms in total. The number of fused-ring (bicyclic) bond motifs is 2. The van der Waals surface area contributed by atoms with Crippen LogP contribution in [0.25, 0.3) is 20.7 Å². The first-order chi connectivity index (χ1) is 25.8. The lowest BCUT2D eigenvalue weighted by atomic mass is 10.0. The highest BCUT2D eigenvalue weighted by atomic mass is 32.1. The van der Waals surface area contributed by atoms with E-state index in [-0.39, 0.29) is 47.6 Å². The van der Waals surface area contributed by atoms with E-state index in [1.54, 1.807) is 0 Å². The maximum atomic E-state index is 13.6. The Kier molecular flexibility index (Phi) is 11.5. The Bertz CT molecular complexity index is 1960. The van der Waals surface area contributed by atoms with Crippen LogP contribution in [0.2, 0.25) is 0 Å². The van der Waals surface area contributed by atoms with Gasteiger partial charge in [0.25, 0.3) is 0 Å². The second-order valence-corrected chi connectivity index (χ2v) is 16.9. The smallest absolute Gasteiger partial charge is 0.407 e. The number of thiophene rings is 2. The highest BCUT2D eigenvalue weighted by Crippen LogP contribution is 2.38. The lowest BCUT2D eigenvalue weighted by Gasteiger charge is -2.30. The van der Waals surface area contributed by atoms with Crippen molar-refractivity contribution in [3.63, 3.8) is 0 Å². The molecule has 4 aromatic rings. The van der Waals surface area contributed by atoms with Gasteiger partial charge in [0.15, 0.2) is 0 Å². The van der Waals surface area contributed by atoms with E-state index in [0.29, 0.717) is 13.1 Å². The summed E-state index contributed by atoms with van der Waals surface area (Å²) in [6, 6.07) is 2.02. The van der Waals surface area contributed by atoms with Crippen LogP contribution in [-0.2, 0) is 19.1 Å². The summed E-state index contributed by atoms with van der Waals surface area (Å²) in [5.41, 5.74) is 1.69. The average Bonchev–Trinajstić information content (AvgIpc) is 3.97. The number of hydrogen-bond donors (Lipinski definition) is 4. The topological polar surface area (TPSA) is 175 Å². The first-order valence-electron chi connectivity index (χ1n) is 18.1. The van der Waals surface area contributed by atoms with Crippen molar-refractivity contribution in [2.45, 2.75) is 78.6 Å². The molecule has 6 rings (SSSR count). The fraction of sp³-hybridized carbons (Fsp3) is 0.526. The number of imidazole rings is 2. The number of H-pyrrole nitrogens is 2. The fourth-order valence-corrected chi connectivity index (χ4v) is 8.84. The van der Waals surface area contributed by atoms with Gasteiger partial charge in [-0.2, -0.15) is 0 Å².